The molecule has 1 fully saturated rings. The van der Waals surface area contributed by atoms with Gasteiger partial charge in [-0.15, -0.1) is 0 Å². The summed E-state index contributed by atoms with van der Waals surface area (Å²) >= 11 is 0. The molecule has 1 aromatic rings. The number of amides is 2. The molecule has 0 bridgehead atoms. The zero-order chi connectivity index (χ0) is 19.6. The standard InChI is InChI=1S/C17H29N7O3/c1-3-5-6-7-12(10-24(27)11-25)15(26)22-23-17-20-14(4-2)19-16(21-17)18-13-8-9-13/h11-13,27H,3-10H2,1-2H3,(H,22,26)(H2,18,19,20,21,23)/t12-/m1/s1. The van der Waals surface area contributed by atoms with E-state index in [4.69, 9.17) is 0 Å². The van der Waals surface area contributed by atoms with E-state index in [-0.39, 0.29) is 18.4 Å². The van der Waals surface area contributed by atoms with E-state index in [0.29, 0.717) is 42.1 Å². The van der Waals surface area contributed by atoms with Gasteiger partial charge in [-0.25, -0.2) is 5.06 Å². The van der Waals surface area contributed by atoms with Crippen molar-refractivity contribution in [3.63, 3.8) is 0 Å². The van der Waals surface area contributed by atoms with E-state index in [2.05, 4.69) is 38.0 Å². The number of nitrogens with one attached hydrogen (secondary N) is 3. The van der Waals surface area contributed by atoms with Crippen LogP contribution in [0.4, 0.5) is 11.9 Å². The van der Waals surface area contributed by atoms with Crippen molar-refractivity contribution in [2.75, 3.05) is 17.3 Å². The van der Waals surface area contributed by atoms with Crippen LogP contribution in [0.1, 0.15) is 58.2 Å². The lowest BCUT2D eigenvalue weighted by molar-refractivity contribution is -0.154. The number of hydrogen-bond donors (Lipinski definition) is 4. The maximum atomic E-state index is 12.5. The van der Waals surface area contributed by atoms with Gasteiger partial charge in [-0.05, 0) is 19.3 Å². The van der Waals surface area contributed by atoms with Crippen molar-refractivity contribution < 1.29 is 14.8 Å². The molecular formula is C17H29N7O3. The largest absolute Gasteiger partial charge is 0.351 e. The number of carbonyl (C=O) groups excluding carboxylic acids is 2. The van der Waals surface area contributed by atoms with Crippen molar-refractivity contribution in [3.05, 3.63) is 5.82 Å². The number of rotatable bonds is 13. The van der Waals surface area contributed by atoms with E-state index < -0.39 is 5.92 Å². The van der Waals surface area contributed by atoms with E-state index in [9.17, 15) is 14.8 Å². The average Bonchev–Trinajstić information content (AvgIpc) is 3.48. The molecule has 0 aliphatic heterocycles. The van der Waals surface area contributed by atoms with Crippen molar-refractivity contribution >= 4 is 24.2 Å². The Hall–Kier alpha value is -2.49. The summed E-state index contributed by atoms with van der Waals surface area (Å²) in [6.07, 6.45) is 6.53. The highest BCUT2D eigenvalue weighted by Crippen LogP contribution is 2.23. The Kier molecular flexibility index (Phi) is 8.18. The van der Waals surface area contributed by atoms with Crippen LogP contribution in [0.15, 0.2) is 0 Å². The summed E-state index contributed by atoms with van der Waals surface area (Å²) in [6.45, 7) is 3.95. The van der Waals surface area contributed by atoms with Crippen LogP contribution < -0.4 is 16.2 Å². The summed E-state index contributed by atoms with van der Waals surface area (Å²) in [7, 11) is 0. The first-order valence-electron chi connectivity index (χ1n) is 9.53. The van der Waals surface area contributed by atoms with Crippen LogP contribution in [0.25, 0.3) is 0 Å². The van der Waals surface area contributed by atoms with Crippen LogP contribution in [-0.2, 0) is 16.0 Å². The van der Waals surface area contributed by atoms with Crippen molar-refractivity contribution in [1.82, 2.24) is 25.4 Å². The number of aromatic nitrogens is 3. The summed E-state index contributed by atoms with van der Waals surface area (Å²) in [5.74, 6) is 0.495. The Balaban J connectivity index is 1.96. The second-order valence-corrected chi connectivity index (χ2v) is 6.71. The minimum absolute atomic E-state index is 0.0629. The van der Waals surface area contributed by atoms with Gasteiger partial charge in [0.1, 0.15) is 5.82 Å². The summed E-state index contributed by atoms with van der Waals surface area (Å²) in [5, 5.41) is 13.1. The molecule has 150 valence electrons. The van der Waals surface area contributed by atoms with Crippen LogP contribution >= 0.6 is 0 Å². The third kappa shape index (κ3) is 7.33. The summed E-state index contributed by atoms with van der Waals surface area (Å²) in [5.41, 5.74) is 5.30. The fourth-order valence-electron chi connectivity index (χ4n) is 2.54. The van der Waals surface area contributed by atoms with Crippen molar-refractivity contribution in [2.24, 2.45) is 5.92 Å². The Labute approximate surface area is 159 Å². The second-order valence-electron chi connectivity index (χ2n) is 6.71. The van der Waals surface area contributed by atoms with Crippen LogP contribution in [-0.4, -0.2) is 50.1 Å². The molecule has 0 unspecified atom stereocenters. The Morgan fingerprint density at radius 1 is 1.26 bits per heavy atom. The Bertz CT molecular complexity index is 625. The molecule has 1 aliphatic carbocycles. The van der Waals surface area contributed by atoms with Gasteiger partial charge in [0.2, 0.25) is 24.2 Å². The molecule has 4 N–H and O–H groups in total. The van der Waals surface area contributed by atoms with Crippen molar-refractivity contribution in [2.45, 2.75) is 64.8 Å². The first-order chi connectivity index (χ1) is 13.0. The van der Waals surface area contributed by atoms with Crippen LogP contribution in [0, 0.1) is 5.92 Å². The molecule has 2 rings (SSSR count). The first kappa shape index (κ1) is 20.8. The summed E-state index contributed by atoms with van der Waals surface area (Å²) in [4.78, 5) is 36.0. The fourth-order valence-corrected chi connectivity index (χ4v) is 2.54. The zero-order valence-electron chi connectivity index (χ0n) is 15.9. The molecule has 0 spiro atoms. The lowest BCUT2D eigenvalue weighted by Crippen LogP contribution is -2.40. The molecule has 1 atom stereocenters. The number of hydroxylamine groups is 2. The van der Waals surface area contributed by atoms with E-state index in [0.717, 1.165) is 32.1 Å². The van der Waals surface area contributed by atoms with Gasteiger partial charge < -0.3 is 5.32 Å². The average molecular weight is 379 g/mol. The van der Waals surface area contributed by atoms with Crippen LogP contribution in [0.3, 0.4) is 0 Å². The van der Waals surface area contributed by atoms with Crippen molar-refractivity contribution in [3.8, 4) is 0 Å². The number of nitrogens with zero attached hydrogens (tertiary/aromatic N) is 4. The molecule has 2 amide bonds. The maximum absolute atomic E-state index is 12.5. The molecule has 0 saturated heterocycles. The van der Waals surface area contributed by atoms with Gasteiger partial charge in [0, 0.05) is 12.5 Å². The van der Waals surface area contributed by atoms with Crippen LogP contribution in [0.2, 0.25) is 0 Å². The molecule has 10 nitrogen and oxygen atoms in total. The van der Waals surface area contributed by atoms with Gasteiger partial charge in [-0.2, -0.15) is 15.0 Å². The highest BCUT2D eigenvalue weighted by atomic mass is 16.5. The normalized spacial score (nSPS) is 14.3. The minimum Gasteiger partial charge on any atom is -0.351 e. The number of unbranched alkanes of at least 4 members (excludes halogenated alkanes) is 2. The predicted octanol–water partition coefficient (Wildman–Crippen LogP) is 1.50. The Morgan fingerprint density at radius 2 is 2.00 bits per heavy atom. The lowest BCUT2D eigenvalue weighted by atomic mass is 10.0. The molecule has 0 aromatic carbocycles. The van der Waals surface area contributed by atoms with E-state index >= 15 is 0 Å². The highest BCUT2D eigenvalue weighted by molar-refractivity contribution is 5.80. The number of carbonyl (C=O) groups is 2. The maximum Gasteiger partial charge on any atom is 0.246 e. The van der Waals surface area contributed by atoms with Gasteiger partial charge >= 0.3 is 0 Å². The predicted molar refractivity (Wildman–Crippen MR) is 99.8 cm³/mol. The number of aryl methyl sites for hydroxylation is 1. The third-order valence-electron chi connectivity index (χ3n) is 4.26. The molecule has 1 aromatic heterocycles. The highest BCUT2D eigenvalue weighted by Gasteiger charge is 2.23. The van der Waals surface area contributed by atoms with Gasteiger partial charge in [0.15, 0.2) is 0 Å². The molecule has 27 heavy (non-hydrogen) atoms. The summed E-state index contributed by atoms with van der Waals surface area (Å²) < 4.78 is 0. The van der Waals surface area contributed by atoms with Gasteiger partial charge in [0.25, 0.3) is 0 Å². The number of hydrogen-bond acceptors (Lipinski definition) is 8. The molecular weight excluding hydrogens is 350 g/mol. The third-order valence-corrected chi connectivity index (χ3v) is 4.26. The zero-order valence-corrected chi connectivity index (χ0v) is 15.9. The first-order valence-corrected chi connectivity index (χ1v) is 9.53. The van der Waals surface area contributed by atoms with Crippen molar-refractivity contribution in [1.29, 1.82) is 0 Å². The lowest BCUT2D eigenvalue weighted by Gasteiger charge is -2.19. The fraction of sp³-hybridized carbons (Fsp3) is 0.706. The van der Waals surface area contributed by atoms with Gasteiger partial charge in [0.05, 0.1) is 12.5 Å². The number of hydrazine groups is 1. The van der Waals surface area contributed by atoms with Crippen LogP contribution in [0.5, 0.6) is 0 Å². The van der Waals surface area contributed by atoms with E-state index in [1.807, 2.05) is 6.92 Å². The summed E-state index contributed by atoms with van der Waals surface area (Å²) in [6, 6.07) is 0.404. The molecule has 1 aliphatic rings. The topological polar surface area (TPSA) is 132 Å². The quantitative estimate of drug-likeness (QED) is 0.175. The minimum atomic E-state index is -0.532. The smallest absolute Gasteiger partial charge is 0.246 e. The molecule has 0 radical (unpaired) electrons. The SMILES string of the molecule is CCCCC[C@H](CN(O)C=O)C(=O)NNc1nc(CC)nc(NC2CC2)n1. The monoisotopic (exact) mass is 379 g/mol. The number of anilines is 2. The second kappa shape index (κ2) is 10.6. The van der Waals surface area contributed by atoms with Gasteiger partial charge in [-0.3, -0.25) is 25.6 Å². The van der Waals surface area contributed by atoms with E-state index in [1.165, 1.54) is 0 Å². The Morgan fingerprint density at radius 3 is 2.63 bits per heavy atom. The molecule has 10 heteroatoms. The van der Waals surface area contributed by atoms with E-state index in [1.54, 1.807) is 0 Å². The molecule has 1 heterocycles. The van der Waals surface area contributed by atoms with Gasteiger partial charge in [-0.1, -0.05) is 33.1 Å². The molecule has 1 saturated carbocycles.